The van der Waals surface area contributed by atoms with Gasteiger partial charge in [0.2, 0.25) is 0 Å². The first-order valence-corrected chi connectivity index (χ1v) is 9.02. The minimum atomic E-state index is -0.759. The topological polar surface area (TPSA) is 90.2 Å². The fourth-order valence-electron chi connectivity index (χ4n) is 3.93. The van der Waals surface area contributed by atoms with Crippen LogP contribution in [-0.4, -0.2) is 58.1 Å². The van der Waals surface area contributed by atoms with Gasteiger partial charge < -0.3 is 25.2 Å². The zero-order chi connectivity index (χ0) is 18.2. The van der Waals surface area contributed by atoms with Gasteiger partial charge in [-0.25, -0.2) is 0 Å². The predicted octanol–water partition coefficient (Wildman–Crippen LogP) is 1.49. The van der Waals surface area contributed by atoms with E-state index in [1.54, 1.807) is 0 Å². The van der Waals surface area contributed by atoms with Crippen LogP contribution in [0.15, 0.2) is 48.6 Å². The normalized spacial score (nSPS) is 33.9. The molecule has 5 nitrogen and oxygen atoms in total. The van der Waals surface area contributed by atoms with E-state index >= 15 is 0 Å². The summed E-state index contributed by atoms with van der Waals surface area (Å²) < 4.78 is 6.70. The van der Waals surface area contributed by atoms with E-state index in [1.807, 2.05) is 48.6 Å². The maximum Gasteiger partial charge on any atom is 0.0962 e. The molecule has 0 aromatic carbocycles. The molecule has 25 heavy (non-hydrogen) atoms. The van der Waals surface area contributed by atoms with Crippen molar-refractivity contribution >= 4 is 0 Å². The Morgan fingerprint density at radius 2 is 1.08 bits per heavy atom. The molecule has 0 bridgehead atoms. The molecule has 140 valence electrons. The van der Waals surface area contributed by atoms with Crippen LogP contribution < -0.4 is 0 Å². The molecule has 0 amide bonds. The molecule has 0 aromatic rings. The first-order chi connectivity index (χ1) is 12.2. The SMILES string of the molecule is OCCC1C=CC=CC1(CCO)OC1(CCO)C=CC=CC1CCO. The lowest BCUT2D eigenvalue weighted by molar-refractivity contribution is -0.163. The average Bonchev–Trinajstić information content (AvgIpc) is 2.60. The van der Waals surface area contributed by atoms with E-state index in [2.05, 4.69) is 0 Å². The fraction of sp³-hybridized carbons (Fsp3) is 0.600. The Kier molecular flexibility index (Phi) is 7.59. The second kappa shape index (κ2) is 9.46. The third kappa shape index (κ3) is 4.49. The molecular weight excluding hydrogens is 320 g/mol. The molecule has 0 aromatic heterocycles. The van der Waals surface area contributed by atoms with E-state index in [1.165, 1.54) is 0 Å². The number of aliphatic hydroxyl groups excluding tert-OH is 4. The number of rotatable bonds is 10. The van der Waals surface area contributed by atoms with Crippen molar-refractivity contribution in [3.8, 4) is 0 Å². The van der Waals surface area contributed by atoms with Crippen LogP contribution in [0.5, 0.6) is 0 Å². The predicted molar refractivity (Wildman–Crippen MR) is 96.9 cm³/mol. The van der Waals surface area contributed by atoms with Crippen LogP contribution in [-0.2, 0) is 4.74 Å². The van der Waals surface area contributed by atoms with Gasteiger partial charge in [-0.05, 0) is 12.8 Å². The molecule has 4 atom stereocenters. The van der Waals surface area contributed by atoms with E-state index in [4.69, 9.17) is 4.74 Å². The summed E-state index contributed by atoms with van der Waals surface area (Å²) in [6.45, 7) is -0.0243. The smallest absolute Gasteiger partial charge is 0.0962 e. The van der Waals surface area contributed by atoms with Crippen molar-refractivity contribution in [2.45, 2.75) is 36.9 Å². The quantitative estimate of drug-likeness (QED) is 0.479. The van der Waals surface area contributed by atoms with Crippen LogP contribution in [0.3, 0.4) is 0 Å². The van der Waals surface area contributed by atoms with Gasteiger partial charge in [-0.15, -0.1) is 0 Å². The standard InChI is InChI=1S/C20H30O5/c21-13-7-17-5-1-3-9-19(17,11-15-23)25-20(12-16-24)10-4-2-6-18(20)8-14-22/h1-6,9-10,17-18,21-24H,7-8,11-16H2. The molecule has 0 fully saturated rings. The highest BCUT2D eigenvalue weighted by Crippen LogP contribution is 2.44. The first kappa shape index (κ1) is 20.1. The van der Waals surface area contributed by atoms with E-state index in [9.17, 15) is 20.4 Å². The zero-order valence-electron chi connectivity index (χ0n) is 14.6. The Hall–Kier alpha value is -1.24. The molecule has 0 saturated heterocycles. The summed E-state index contributed by atoms with van der Waals surface area (Å²) in [5, 5.41) is 38.2. The largest absolute Gasteiger partial charge is 0.396 e. The lowest BCUT2D eigenvalue weighted by Gasteiger charge is -2.48. The van der Waals surface area contributed by atoms with Gasteiger partial charge in [-0.2, -0.15) is 0 Å². The van der Waals surface area contributed by atoms with Crippen LogP contribution in [0.25, 0.3) is 0 Å². The Bertz CT molecular complexity index is 478. The highest BCUT2D eigenvalue weighted by molar-refractivity contribution is 5.27. The second-order valence-electron chi connectivity index (χ2n) is 6.68. The summed E-state index contributed by atoms with van der Waals surface area (Å²) in [7, 11) is 0. The molecule has 5 heteroatoms. The van der Waals surface area contributed by atoms with Crippen molar-refractivity contribution < 1.29 is 25.2 Å². The first-order valence-electron chi connectivity index (χ1n) is 9.02. The van der Waals surface area contributed by atoms with Gasteiger partial charge in [0, 0.05) is 51.1 Å². The Balaban J connectivity index is 2.39. The minimum Gasteiger partial charge on any atom is -0.396 e. The molecule has 4 unspecified atom stereocenters. The van der Waals surface area contributed by atoms with E-state index in [0.717, 1.165) is 0 Å². The van der Waals surface area contributed by atoms with E-state index in [-0.39, 0.29) is 38.3 Å². The molecule has 2 rings (SSSR count). The molecule has 2 aliphatic rings. The number of aliphatic hydroxyl groups is 4. The third-order valence-electron chi connectivity index (χ3n) is 5.19. The van der Waals surface area contributed by atoms with Gasteiger partial charge in [-0.1, -0.05) is 48.6 Å². The van der Waals surface area contributed by atoms with Gasteiger partial charge in [0.15, 0.2) is 0 Å². The van der Waals surface area contributed by atoms with Crippen LogP contribution >= 0.6 is 0 Å². The Morgan fingerprint density at radius 3 is 1.44 bits per heavy atom. The van der Waals surface area contributed by atoms with Crippen LogP contribution in [0.4, 0.5) is 0 Å². The van der Waals surface area contributed by atoms with Crippen molar-refractivity contribution in [2.24, 2.45) is 11.8 Å². The van der Waals surface area contributed by atoms with Crippen LogP contribution in [0.1, 0.15) is 25.7 Å². The molecule has 4 N–H and O–H groups in total. The summed E-state index contributed by atoms with van der Waals surface area (Å²) in [6.07, 6.45) is 17.4. The number of hydrogen-bond acceptors (Lipinski definition) is 5. The summed E-state index contributed by atoms with van der Waals surface area (Å²) >= 11 is 0. The van der Waals surface area contributed by atoms with Crippen molar-refractivity contribution in [1.82, 2.24) is 0 Å². The van der Waals surface area contributed by atoms with Crippen LogP contribution in [0.2, 0.25) is 0 Å². The van der Waals surface area contributed by atoms with E-state index < -0.39 is 11.2 Å². The molecule has 0 aliphatic heterocycles. The Labute approximate surface area is 149 Å². The lowest BCUT2D eigenvalue weighted by Crippen LogP contribution is -2.52. The summed E-state index contributed by atoms with van der Waals surface area (Å²) in [5.74, 6) is -0.140. The number of hydrogen-bond donors (Lipinski definition) is 4. The fourth-order valence-corrected chi connectivity index (χ4v) is 3.93. The third-order valence-corrected chi connectivity index (χ3v) is 5.19. The second-order valence-corrected chi connectivity index (χ2v) is 6.68. The van der Waals surface area contributed by atoms with Crippen molar-refractivity contribution in [3.05, 3.63) is 48.6 Å². The summed E-state index contributed by atoms with van der Waals surface area (Å²) in [5.41, 5.74) is -1.52. The summed E-state index contributed by atoms with van der Waals surface area (Å²) in [6, 6.07) is 0. The van der Waals surface area contributed by atoms with Crippen molar-refractivity contribution in [3.63, 3.8) is 0 Å². The molecule has 0 heterocycles. The number of ether oxygens (including phenoxy) is 1. The Morgan fingerprint density at radius 1 is 0.640 bits per heavy atom. The lowest BCUT2D eigenvalue weighted by atomic mass is 9.75. The molecule has 0 spiro atoms. The van der Waals surface area contributed by atoms with Gasteiger partial charge in [0.1, 0.15) is 0 Å². The highest BCUT2D eigenvalue weighted by atomic mass is 16.5. The highest BCUT2D eigenvalue weighted by Gasteiger charge is 2.46. The zero-order valence-corrected chi connectivity index (χ0v) is 14.6. The van der Waals surface area contributed by atoms with Crippen molar-refractivity contribution in [1.29, 1.82) is 0 Å². The van der Waals surface area contributed by atoms with Gasteiger partial charge in [-0.3, -0.25) is 0 Å². The van der Waals surface area contributed by atoms with Gasteiger partial charge >= 0.3 is 0 Å². The summed E-state index contributed by atoms with van der Waals surface area (Å²) in [4.78, 5) is 0. The van der Waals surface area contributed by atoms with Gasteiger partial charge in [0.25, 0.3) is 0 Å². The minimum absolute atomic E-state index is 0.0300. The van der Waals surface area contributed by atoms with Crippen molar-refractivity contribution in [2.75, 3.05) is 26.4 Å². The molecule has 0 saturated carbocycles. The van der Waals surface area contributed by atoms with Crippen LogP contribution in [0, 0.1) is 11.8 Å². The monoisotopic (exact) mass is 350 g/mol. The van der Waals surface area contributed by atoms with E-state index in [0.29, 0.717) is 25.7 Å². The average molecular weight is 350 g/mol. The molecule has 0 radical (unpaired) electrons. The van der Waals surface area contributed by atoms with Gasteiger partial charge in [0.05, 0.1) is 11.2 Å². The number of allylic oxidation sites excluding steroid dienone is 4. The molecule has 2 aliphatic carbocycles. The molecular formula is C20H30O5. The maximum absolute atomic E-state index is 9.66. The maximum atomic E-state index is 9.66.